The van der Waals surface area contributed by atoms with E-state index in [1.165, 1.54) is 27.4 Å². The molecule has 4 rings (SSSR count). The lowest BCUT2D eigenvalue weighted by atomic mass is 9.83. The second-order valence-corrected chi connectivity index (χ2v) is 6.17. The molecule has 0 fully saturated rings. The third-order valence-corrected chi connectivity index (χ3v) is 4.83. The molecule has 0 saturated carbocycles. The molecule has 1 nitrogen and oxygen atoms in total. The van der Waals surface area contributed by atoms with Crippen LogP contribution in [0, 0.1) is 0 Å². The van der Waals surface area contributed by atoms with Crippen molar-refractivity contribution in [2.24, 2.45) is 0 Å². The van der Waals surface area contributed by atoms with Gasteiger partial charge in [-0.25, -0.2) is 0 Å². The first-order valence-corrected chi connectivity index (χ1v) is 7.77. The molecule has 0 atom stereocenters. The van der Waals surface area contributed by atoms with Gasteiger partial charge in [0.05, 0.1) is 0 Å². The molecule has 1 aliphatic rings. The maximum absolute atomic E-state index is 3.55. The zero-order chi connectivity index (χ0) is 13.4. The molecule has 0 unspecified atom stereocenters. The highest BCUT2D eigenvalue weighted by Gasteiger charge is 2.25. The van der Waals surface area contributed by atoms with Crippen LogP contribution in [-0.2, 0) is 6.42 Å². The highest BCUT2D eigenvalue weighted by molar-refractivity contribution is 7.09. The van der Waals surface area contributed by atoms with Crippen LogP contribution in [0.1, 0.15) is 21.9 Å². The summed E-state index contributed by atoms with van der Waals surface area (Å²) in [6, 6.07) is 21.7. The van der Waals surface area contributed by atoms with Crippen molar-refractivity contribution in [2.75, 3.05) is 5.32 Å². The Bertz CT molecular complexity index is 685. The highest BCUT2D eigenvalue weighted by Crippen LogP contribution is 2.42. The van der Waals surface area contributed by atoms with Gasteiger partial charge in [0.2, 0.25) is 0 Å². The average molecular weight is 277 g/mol. The summed E-state index contributed by atoms with van der Waals surface area (Å²) >= 11 is 1.85. The molecule has 0 radical (unpaired) electrons. The Kier molecular flexibility index (Phi) is 2.82. The summed E-state index contributed by atoms with van der Waals surface area (Å²) in [5.74, 6) is 0.447. The van der Waals surface area contributed by atoms with Gasteiger partial charge < -0.3 is 5.32 Å². The minimum Gasteiger partial charge on any atom is -0.355 e. The van der Waals surface area contributed by atoms with Crippen LogP contribution in [0.15, 0.2) is 66.0 Å². The minimum absolute atomic E-state index is 0.447. The van der Waals surface area contributed by atoms with E-state index in [-0.39, 0.29) is 0 Å². The number of hydrogen-bond donors (Lipinski definition) is 1. The number of para-hydroxylation sites is 2. The van der Waals surface area contributed by atoms with E-state index in [2.05, 4.69) is 71.4 Å². The lowest BCUT2D eigenvalue weighted by molar-refractivity contribution is 0.811. The Morgan fingerprint density at radius 2 is 1.45 bits per heavy atom. The Labute approximate surface area is 122 Å². The standard InChI is InChI=1S/C18H15NS/c1-3-9-17-14(7-1)16(12-13-6-5-11-20-13)15-8-2-4-10-18(15)19-17/h1-11,16,19H,12H2. The number of hydrogen-bond acceptors (Lipinski definition) is 2. The largest absolute Gasteiger partial charge is 0.355 e. The molecule has 0 saturated heterocycles. The van der Waals surface area contributed by atoms with E-state index in [1.54, 1.807) is 0 Å². The molecule has 2 heterocycles. The van der Waals surface area contributed by atoms with Gasteiger partial charge in [-0.1, -0.05) is 42.5 Å². The lowest BCUT2D eigenvalue weighted by Gasteiger charge is -2.29. The zero-order valence-electron chi connectivity index (χ0n) is 11.0. The van der Waals surface area contributed by atoms with Crippen molar-refractivity contribution in [2.45, 2.75) is 12.3 Å². The van der Waals surface area contributed by atoms with Crippen molar-refractivity contribution in [1.82, 2.24) is 0 Å². The summed E-state index contributed by atoms with van der Waals surface area (Å²) in [6.07, 6.45) is 1.08. The van der Waals surface area contributed by atoms with Gasteiger partial charge in [0.1, 0.15) is 0 Å². The molecule has 1 N–H and O–H groups in total. The third kappa shape index (κ3) is 1.93. The van der Waals surface area contributed by atoms with Gasteiger partial charge in [0, 0.05) is 22.2 Å². The predicted molar refractivity (Wildman–Crippen MR) is 86.0 cm³/mol. The number of fused-ring (bicyclic) bond motifs is 2. The Hall–Kier alpha value is -2.06. The van der Waals surface area contributed by atoms with Gasteiger partial charge in [-0.3, -0.25) is 0 Å². The van der Waals surface area contributed by atoms with E-state index < -0.39 is 0 Å². The van der Waals surface area contributed by atoms with Gasteiger partial charge in [-0.05, 0) is 41.1 Å². The summed E-state index contributed by atoms with van der Waals surface area (Å²) in [5, 5.41) is 5.71. The molecular weight excluding hydrogens is 262 g/mol. The minimum atomic E-state index is 0.447. The molecule has 1 aliphatic heterocycles. The van der Waals surface area contributed by atoms with E-state index in [9.17, 15) is 0 Å². The first-order valence-electron chi connectivity index (χ1n) is 6.89. The molecule has 98 valence electrons. The van der Waals surface area contributed by atoms with E-state index in [0.717, 1.165) is 6.42 Å². The van der Waals surface area contributed by atoms with Crippen molar-refractivity contribution in [1.29, 1.82) is 0 Å². The van der Waals surface area contributed by atoms with Crippen molar-refractivity contribution in [3.63, 3.8) is 0 Å². The van der Waals surface area contributed by atoms with E-state index in [1.807, 2.05) is 11.3 Å². The van der Waals surface area contributed by atoms with Crippen molar-refractivity contribution in [3.05, 3.63) is 82.0 Å². The number of nitrogens with one attached hydrogen (secondary N) is 1. The van der Waals surface area contributed by atoms with Crippen LogP contribution in [0.2, 0.25) is 0 Å². The van der Waals surface area contributed by atoms with Crippen LogP contribution in [0.3, 0.4) is 0 Å². The van der Waals surface area contributed by atoms with Crippen molar-refractivity contribution < 1.29 is 0 Å². The SMILES string of the molecule is c1csc(CC2c3ccccc3Nc3ccccc32)c1. The third-order valence-electron chi connectivity index (χ3n) is 3.93. The molecule has 2 aromatic carbocycles. The maximum Gasteiger partial charge on any atom is 0.0423 e. The summed E-state index contributed by atoms with van der Waals surface area (Å²) < 4.78 is 0. The van der Waals surface area contributed by atoms with E-state index in [4.69, 9.17) is 0 Å². The van der Waals surface area contributed by atoms with Crippen molar-refractivity contribution >= 4 is 22.7 Å². The van der Waals surface area contributed by atoms with Crippen LogP contribution >= 0.6 is 11.3 Å². The Morgan fingerprint density at radius 3 is 2.05 bits per heavy atom. The molecule has 0 bridgehead atoms. The first kappa shape index (κ1) is 11.7. The number of benzene rings is 2. The summed E-state index contributed by atoms with van der Waals surface area (Å²) in [7, 11) is 0. The maximum atomic E-state index is 3.55. The molecular formula is C18H15NS. The summed E-state index contributed by atoms with van der Waals surface area (Å²) in [6.45, 7) is 0. The van der Waals surface area contributed by atoms with Crippen molar-refractivity contribution in [3.8, 4) is 0 Å². The lowest BCUT2D eigenvalue weighted by Crippen LogP contribution is -2.14. The van der Waals surface area contributed by atoms with Gasteiger partial charge in [0.15, 0.2) is 0 Å². The fourth-order valence-corrected chi connectivity index (χ4v) is 3.74. The summed E-state index contributed by atoms with van der Waals surface area (Å²) in [4.78, 5) is 1.45. The molecule has 0 aliphatic carbocycles. The molecule has 20 heavy (non-hydrogen) atoms. The van der Waals surface area contributed by atoms with Gasteiger partial charge in [-0.2, -0.15) is 0 Å². The highest BCUT2D eigenvalue weighted by atomic mass is 32.1. The smallest absolute Gasteiger partial charge is 0.0423 e. The Morgan fingerprint density at radius 1 is 0.800 bits per heavy atom. The fraction of sp³-hybridized carbons (Fsp3) is 0.111. The van der Waals surface area contributed by atoms with Crippen LogP contribution in [0.4, 0.5) is 11.4 Å². The molecule has 3 aromatic rings. The second-order valence-electron chi connectivity index (χ2n) is 5.14. The Balaban J connectivity index is 1.84. The fourth-order valence-electron chi connectivity index (χ4n) is 2.99. The second kappa shape index (κ2) is 4.80. The normalized spacial score (nSPS) is 13.4. The zero-order valence-corrected chi connectivity index (χ0v) is 11.9. The molecule has 0 amide bonds. The predicted octanol–water partition coefficient (Wildman–Crippen LogP) is 5.18. The number of anilines is 2. The number of rotatable bonds is 2. The molecule has 0 spiro atoms. The molecule has 2 heteroatoms. The monoisotopic (exact) mass is 277 g/mol. The van der Waals surface area contributed by atoms with Crippen LogP contribution in [-0.4, -0.2) is 0 Å². The van der Waals surface area contributed by atoms with Gasteiger partial charge in [-0.15, -0.1) is 11.3 Å². The summed E-state index contributed by atoms with van der Waals surface area (Å²) in [5.41, 5.74) is 5.29. The topological polar surface area (TPSA) is 12.0 Å². The van der Waals surface area contributed by atoms with Crippen LogP contribution < -0.4 is 5.32 Å². The quantitative estimate of drug-likeness (QED) is 0.680. The average Bonchev–Trinajstić information content (AvgIpc) is 3.00. The number of thiophene rings is 1. The van der Waals surface area contributed by atoms with Crippen LogP contribution in [0.25, 0.3) is 0 Å². The van der Waals surface area contributed by atoms with E-state index in [0.29, 0.717) is 5.92 Å². The van der Waals surface area contributed by atoms with Gasteiger partial charge >= 0.3 is 0 Å². The molecule has 1 aromatic heterocycles. The van der Waals surface area contributed by atoms with Crippen LogP contribution in [0.5, 0.6) is 0 Å². The van der Waals surface area contributed by atoms with Gasteiger partial charge in [0.25, 0.3) is 0 Å². The first-order chi connectivity index (χ1) is 9.92. The van der Waals surface area contributed by atoms with E-state index >= 15 is 0 Å².